The Morgan fingerprint density at radius 2 is 2.15 bits per heavy atom. The number of hydrogen-bond donors (Lipinski definition) is 1. The van der Waals surface area contributed by atoms with E-state index in [2.05, 4.69) is 10.1 Å². The lowest BCUT2D eigenvalue weighted by molar-refractivity contribution is 0.283. The number of nitrogens with zero attached hydrogens (tertiary/aromatic N) is 2. The maximum absolute atomic E-state index is 6.15. The van der Waals surface area contributed by atoms with Gasteiger partial charge in [0.25, 0.3) is 0 Å². The first-order valence-corrected chi connectivity index (χ1v) is 7.01. The Kier molecular flexibility index (Phi) is 5.23. The molecule has 0 aliphatic rings. The van der Waals surface area contributed by atoms with Crippen molar-refractivity contribution in [2.24, 2.45) is 5.73 Å². The number of hydrogen-bond acceptors (Lipinski definition) is 5. The Hall–Kier alpha value is -1.30. The lowest BCUT2D eigenvalue weighted by Crippen LogP contribution is -2.06. The summed E-state index contributed by atoms with van der Waals surface area (Å²) in [4.78, 5) is 4.17. The van der Waals surface area contributed by atoms with Crippen LogP contribution in [0.25, 0.3) is 0 Å². The summed E-state index contributed by atoms with van der Waals surface area (Å²) in [6, 6.07) is 3.43. The Bertz CT molecular complexity index is 587. The van der Waals surface area contributed by atoms with Gasteiger partial charge in [-0.3, -0.25) is 0 Å². The second-order valence-corrected chi connectivity index (χ2v) is 5.00. The van der Waals surface area contributed by atoms with Crippen molar-refractivity contribution in [1.82, 2.24) is 10.1 Å². The van der Waals surface area contributed by atoms with Gasteiger partial charge in [0, 0.05) is 11.4 Å². The summed E-state index contributed by atoms with van der Waals surface area (Å²) in [7, 11) is 0. The minimum atomic E-state index is 0.183. The summed E-state index contributed by atoms with van der Waals surface area (Å²) in [5, 5.41) is 4.82. The number of halogens is 2. The molecule has 1 heterocycles. The minimum Gasteiger partial charge on any atom is -0.484 e. The number of aromatic nitrogens is 2. The van der Waals surface area contributed by atoms with Crippen LogP contribution >= 0.6 is 23.2 Å². The van der Waals surface area contributed by atoms with Crippen LogP contribution in [-0.2, 0) is 19.4 Å². The van der Waals surface area contributed by atoms with Gasteiger partial charge in [0.2, 0.25) is 11.7 Å². The Morgan fingerprint density at radius 3 is 2.80 bits per heavy atom. The number of rotatable bonds is 6. The number of nitrogens with two attached hydrogens (primary N) is 1. The average molecular weight is 316 g/mol. The lowest BCUT2D eigenvalue weighted by atomic mass is 10.1. The smallest absolute Gasteiger partial charge is 0.226 e. The maximum Gasteiger partial charge on any atom is 0.226 e. The maximum atomic E-state index is 6.15. The predicted molar refractivity (Wildman–Crippen MR) is 77.2 cm³/mol. The van der Waals surface area contributed by atoms with Crippen molar-refractivity contribution in [2.75, 3.05) is 6.54 Å². The van der Waals surface area contributed by atoms with Gasteiger partial charge in [-0.05, 0) is 30.7 Å². The molecule has 0 spiro atoms. The van der Waals surface area contributed by atoms with Crippen LogP contribution in [0.1, 0.15) is 24.2 Å². The third kappa shape index (κ3) is 3.62. The first-order valence-electron chi connectivity index (χ1n) is 6.26. The van der Waals surface area contributed by atoms with E-state index in [1.807, 2.05) is 6.92 Å². The Morgan fingerprint density at radius 1 is 1.35 bits per heavy atom. The first-order chi connectivity index (χ1) is 9.63. The Balaban J connectivity index is 2.15. The van der Waals surface area contributed by atoms with Gasteiger partial charge in [0.05, 0.1) is 5.02 Å². The molecule has 0 aliphatic heterocycles. The lowest BCUT2D eigenvalue weighted by Gasteiger charge is -2.12. The quantitative estimate of drug-likeness (QED) is 0.886. The second-order valence-electron chi connectivity index (χ2n) is 4.16. The molecule has 0 saturated carbocycles. The van der Waals surface area contributed by atoms with E-state index in [9.17, 15) is 0 Å². The van der Waals surface area contributed by atoms with E-state index in [1.54, 1.807) is 12.1 Å². The van der Waals surface area contributed by atoms with Crippen LogP contribution in [0.2, 0.25) is 10.0 Å². The van der Waals surface area contributed by atoms with Gasteiger partial charge in [-0.2, -0.15) is 4.98 Å². The minimum absolute atomic E-state index is 0.183. The van der Waals surface area contributed by atoms with Gasteiger partial charge in [0.1, 0.15) is 5.75 Å². The molecule has 0 atom stereocenters. The molecule has 20 heavy (non-hydrogen) atoms. The van der Waals surface area contributed by atoms with E-state index >= 15 is 0 Å². The zero-order valence-corrected chi connectivity index (χ0v) is 12.5. The molecule has 2 rings (SSSR count). The van der Waals surface area contributed by atoms with E-state index in [0.717, 1.165) is 5.56 Å². The molecule has 0 fully saturated rings. The SMILES string of the molecule is CCc1nc(COc2c(Cl)cc(Cl)cc2CCN)no1. The highest BCUT2D eigenvalue weighted by molar-refractivity contribution is 6.35. The number of benzene rings is 1. The normalized spacial score (nSPS) is 10.8. The van der Waals surface area contributed by atoms with E-state index in [1.165, 1.54) is 0 Å². The summed E-state index contributed by atoms with van der Waals surface area (Å²) >= 11 is 12.1. The van der Waals surface area contributed by atoms with E-state index in [0.29, 0.717) is 46.9 Å². The van der Waals surface area contributed by atoms with Crippen LogP contribution in [0.15, 0.2) is 16.7 Å². The van der Waals surface area contributed by atoms with Gasteiger partial charge in [-0.25, -0.2) is 0 Å². The molecule has 108 valence electrons. The van der Waals surface area contributed by atoms with E-state index in [4.69, 9.17) is 38.2 Å². The van der Waals surface area contributed by atoms with Crippen molar-refractivity contribution >= 4 is 23.2 Å². The zero-order valence-electron chi connectivity index (χ0n) is 11.0. The highest BCUT2D eigenvalue weighted by atomic mass is 35.5. The fraction of sp³-hybridized carbons (Fsp3) is 0.385. The Labute approximate surface area is 127 Å². The van der Waals surface area contributed by atoms with E-state index < -0.39 is 0 Å². The van der Waals surface area contributed by atoms with Crippen molar-refractivity contribution < 1.29 is 9.26 Å². The van der Waals surface area contributed by atoms with Crippen LogP contribution in [-0.4, -0.2) is 16.7 Å². The van der Waals surface area contributed by atoms with Gasteiger partial charge < -0.3 is 15.0 Å². The second kappa shape index (κ2) is 6.92. The fourth-order valence-electron chi connectivity index (χ4n) is 1.75. The van der Waals surface area contributed by atoms with Crippen molar-refractivity contribution in [1.29, 1.82) is 0 Å². The standard InChI is InChI=1S/C13H15Cl2N3O2/c1-2-12-17-11(18-20-12)7-19-13-8(3-4-16)5-9(14)6-10(13)15/h5-6H,2-4,7,16H2,1H3. The highest BCUT2D eigenvalue weighted by Gasteiger charge is 2.12. The largest absolute Gasteiger partial charge is 0.484 e. The van der Waals surface area contributed by atoms with Crippen LogP contribution in [0.3, 0.4) is 0 Å². The topological polar surface area (TPSA) is 74.2 Å². The average Bonchev–Trinajstić information content (AvgIpc) is 2.86. The van der Waals surface area contributed by atoms with Crippen molar-refractivity contribution in [3.8, 4) is 5.75 Å². The first kappa shape index (κ1) is 15.1. The fourth-order valence-corrected chi connectivity index (χ4v) is 2.34. The highest BCUT2D eigenvalue weighted by Crippen LogP contribution is 2.33. The number of aryl methyl sites for hydroxylation is 1. The molecule has 0 saturated heterocycles. The molecule has 0 amide bonds. The summed E-state index contributed by atoms with van der Waals surface area (Å²) in [5.74, 6) is 1.61. The summed E-state index contributed by atoms with van der Waals surface area (Å²) < 4.78 is 10.7. The third-order valence-corrected chi connectivity index (χ3v) is 3.16. The molecular formula is C13H15Cl2N3O2. The molecule has 1 aromatic carbocycles. The van der Waals surface area contributed by atoms with Gasteiger partial charge in [-0.1, -0.05) is 35.3 Å². The molecule has 0 radical (unpaired) electrons. The number of ether oxygens (including phenoxy) is 1. The monoisotopic (exact) mass is 315 g/mol. The van der Waals surface area contributed by atoms with Crippen LogP contribution < -0.4 is 10.5 Å². The van der Waals surface area contributed by atoms with Crippen molar-refractivity contribution in [3.05, 3.63) is 39.5 Å². The summed E-state index contributed by atoms with van der Waals surface area (Å²) in [5.41, 5.74) is 6.44. The molecule has 0 aliphatic carbocycles. The molecule has 7 heteroatoms. The molecule has 5 nitrogen and oxygen atoms in total. The van der Waals surface area contributed by atoms with E-state index in [-0.39, 0.29) is 6.61 Å². The van der Waals surface area contributed by atoms with Gasteiger partial charge in [-0.15, -0.1) is 0 Å². The van der Waals surface area contributed by atoms with Crippen molar-refractivity contribution in [2.45, 2.75) is 26.4 Å². The zero-order chi connectivity index (χ0) is 14.5. The third-order valence-electron chi connectivity index (χ3n) is 2.66. The molecular weight excluding hydrogens is 301 g/mol. The van der Waals surface area contributed by atoms with Gasteiger partial charge in [0.15, 0.2) is 6.61 Å². The summed E-state index contributed by atoms with van der Waals surface area (Å²) in [6.45, 7) is 2.60. The van der Waals surface area contributed by atoms with Crippen LogP contribution in [0.4, 0.5) is 0 Å². The molecule has 2 N–H and O–H groups in total. The predicted octanol–water partition coefficient (Wildman–Crippen LogP) is 3.02. The molecule has 2 aromatic rings. The van der Waals surface area contributed by atoms with Crippen LogP contribution in [0.5, 0.6) is 5.75 Å². The van der Waals surface area contributed by atoms with Crippen LogP contribution in [0, 0.1) is 0 Å². The van der Waals surface area contributed by atoms with Gasteiger partial charge >= 0.3 is 0 Å². The van der Waals surface area contributed by atoms with Crippen molar-refractivity contribution in [3.63, 3.8) is 0 Å². The molecule has 0 unspecified atom stereocenters. The summed E-state index contributed by atoms with van der Waals surface area (Å²) in [6.07, 6.45) is 1.31. The molecule has 0 bridgehead atoms. The molecule has 1 aromatic heterocycles.